The molecule has 4 rings (SSSR count). The van der Waals surface area contributed by atoms with E-state index >= 15 is 0 Å². The van der Waals surface area contributed by atoms with Gasteiger partial charge in [0, 0.05) is 38.4 Å². The highest BCUT2D eigenvalue weighted by molar-refractivity contribution is 7.18. The molecule has 5 nitrogen and oxygen atoms in total. The fourth-order valence-corrected chi connectivity index (χ4v) is 5.51. The predicted molar refractivity (Wildman–Crippen MR) is 131 cm³/mol. The number of carboxylic acids is 1. The van der Waals surface area contributed by atoms with Crippen LogP contribution in [0.3, 0.4) is 0 Å². The molecule has 1 fully saturated rings. The Hall–Kier alpha value is -2.77. The number of aromatic nitrogens is 1. The fraction of sp³-hybridized carbons (Fsp3) is 0.385. The topological polar surface area (TPSA) is 56.7 Å². The maximum absolute atomic E-state index is 13.7. The first-order valence-electron chi connectivity index (χ1n) is 11.4. The lowest BCUT2D eigenvalue weighted by Crippen LogP contribution is -2.53. The highest BCUT2D eigenvalue weighted by Crippen LogP contribution is 2.34. The van der Waals surface area contributed by atoms with E-state index in [1.165, 1.54) is 6.07 Å². The fourth-order valence-electron chi connectivity index (χ4n) is 4.50. The van der Waals surface area contributed by atoms with Gasteiger partial charge in [0.15, 0.2) is 5.13 Å². The molecule has 1 saturated heterocycles. The van der Waals surface area contributed by atoms with Crippen LogP contribution in [0.5, 0.6) is 0 Å². The number of carbonyl (C=O) groups is 1. The monoisotopic (exact) mass is 467 g/mol. The van der Waals surface area contributed by atoms with Crippen LogP contribution in [-0.2, 0) is 17.8 Å². The number of benzene rings is 2. The van der Waals surface area contributed by atoms with Crippen LogP contribution in [0.25, 0.3) is 10.4 Å². The van der Waals surface area contributed by atoms with E-state index in [0.29, 0.717) is 12.0 Å². The Morgan fingerprint density at radius 2 is 1.97 bits per heavy atom. The van der Waals surface area contributed by atoms with E-state index in [4.69, 9.17) is 10.1 Å². The Labute approximate surface area is 198 Å². The standard InChI is InChI=1S/C26H30FN3O2S/c1-18(2)11-23-17-29(16-20-6-3-5-19(12-20)13-25(31)32)9-10-30(23)26-28-15-24(33-26)21-7-4-8-22(27)14-21/h3-8,12,14-15,18,23H,9-11,13,16-17H2,1-2H3,(H,31,32)/t23-/m1/s1. The van der Waals surface area contributed by atoms with Gasteiger partial charge in [-0.15, -0.1) is 0 Å². The molecule has 1 aromatic heterocycles. The Morgan fingerprint density at radius 1 is 1.18 bits per heavy atom. The van der Waals surface area contributed by atoms with E-state index in [1.807, 2.05) is 30.5 Å². The van der Waals surface area contributed by atoms with Crippen molar-refractivity contribution in [3.05, 3.63) is 71.7 Å². The molecule has 1 aliphatic heterocycles. The van der Waals surface area contributed by atoms with E-state index in [1.54, 1.807) is 23.5 Å². The van der Waals surface area contributed by atoms with Gasteiger partial charge < -0.3 is 10.0 Å². The number of hydrogen-bond donors (Lipinski definition) is 1. The average Bonchev–Trinajstić information content (AvgIpc) is 3.23. The minimum atomic E-state index is -0.807. The van der Waals surface area contributed by atoms with Crippen LogP contribution in [0, 0.1) is 11.7 Å². The molecule has 0 spiro atoms. The van der Waals surface area contributed by atoms with E-state index in [-0.39, 0.29) is 12.2 Å². The normalized spacial score (nSPS) is 17.0. The summed E-state index contributed by atoms with van der Waals surface area (Å²) in [4.78, 5) is 21.6. The number of halogens is 1. The second kappa shape index (κ2) is 10.4. The van der Waals surface area contributed by atoms with Crippen molar-refractivity contribution in [1.29, 1.82) is 0 Å². The first-order chi connectivity index (χ1) is 15.9. The zero-order valence-electron chi connectivity index (χ0n) is 19.1. The molecule has 0 unspecified atom stereocenters. The summed E-state index contributed by atoms with van der Waals surface area (Å²) in [7, 11) is 0. The molecule has 3 aromatic rings. The van der Waals surface area contributed by atoms with Crippen LogP contribution in [0.15, 0.2) is 54.7 Å². The summed E-state index contributed by atoms with van der Waals surface area (Å²) >= 11 is 1.62. The van der Waals surface area contributed by atoms with Crippen LogP contribution < -0.4 is 4.90 Å². The highest BCUT2D eigenvalue weighted by atomic mass is 32.1. The molecule has 7 heteroatoms. The maximum Gasteiger partial charge on any atom is 0.307 e. The Morgan fingerprint density at radius 3 is 2.73 bits per heavy atom. The van der Waals surface area contributed by atoms with Crippen molar-refractivity contribution in [2.45, 2.75) is 39.3 Å². The molecule has 1 atom stereocenters. The largest absolute Gasteiger partial charge is 0.481 e. The third-order valence-corrected chi connectivity index (χ3v) is 7.00. The summed E-state index contributed by atoms with van der Waals surface area (Å²) in [5.41, 5.74) is 2.84. The number of rotatable bonds is 8. The van der Waals surface area contributed by atoms with Gasteiger partial charge in [-0.1, -0.05) is 61.6 Å². The maximum atomic E-state index is 13.7. The number of aliphatic carboxylic acids is 1. The second-order valence-corrected chi connectivity index (χ2v) is 10.1. The second-order valence-electron chi connectivity index (χ2n) is 9.12. The van der Waals surface area contributed by atoms with Crippen molar-refractivity contribution < 1.29 is 14.3 Å². The van der Waals surface area contributed by atoms with Crippen molar-refractivity contribution in [2.24, 2.45) is 5.92 Å². The van der Waals surface area contributed by atoms with Gasteiger partial charge >= 0.3 is 5.97 Å². The van der Waals surface area contributed by atoms with Gasteiger partial charge in [-0.25, -0.2) is 9.37 Å². The van der Waals surface area contributed by atoms with Gasteiger partial charge in [0.25, 0.3) is 0 Å². The smallest absolute Gasteiger partial charge is 0.307 e. The lowest BCUT2D eigenvalue weighted by Gasteiger charge is -2.42. The zero-order valence-corrected chi connectivity index (χ0v) is 19.9. The molecule has 0 amide bonds. The minimum Gasteiger partial charge on any atom is -0.481 e. The number of hydrogen-bond acceptors (Lipinski definition) is 5. The first kappa shape index (κ1) is 23.4. The Kier molecular flexibility index (Phi) is 7.40. The summed E-state index contributed by atoms with van der Waals surface area (Å²) in [6.45, 7) is 8.01. The van der Waals surface area contributed by atoms with Gasteiger partial charge in [0.2, 0.25) is 0 Å². The van der Waals surface area contributed by atoms with Crippen molar-refractivity contribution >= 4 is 22.4 Å². The van der Waals surface area contributed by atoms with Crippen molar-refractivity contribution in [3.63, 3.8) is 0 Å². The molecule has 33 heavy (non-hydrogen) atoms. The Balaban J connectivity index is 1.48. The summed E-state index contributed by atoms with van der Waals surface area (Å²) in [6.07, 6.45) is 2.96. The van der Waals surface area contributed by atoms with Crippen LogP contribution in [0.2, 0.25) is 0 Å². The SMILES string of the molecule is CC(C)C[C@@H]1CN(Cc2cccc(CC(=O)O)c2)CCN1c1ncc(-c2cccc(F)c2)s1. The lowest BCUT2D eigenvalue weighted by atomic mass is 10.00. The number of piperazine rings is 1. The number of nitrogens with zero attached hydrogens (tertiary/aromatic N) is 3. The van der Waals surface area contributed by atoms with Gasteiger partial charge in [-0.05, 0) is 41.2 Å². The molecule has 2 heterocycles. The molecule has 1 N–H and O–H groups in total. The molecular formula is C26H30FN3O2S. The van der Waals surface area contributed by atoms with Crippen molar-refractivity contribution in [3.8, 4) is 10.4 Å². The molecular weight excluding hydrogens is 437 g/mol. The minimum absolute atomic E-state index is 0.0509. The number of carboxylic acid groups (broad SMARTS) is 1. The van der Waals surface area contributed by atoms with E-state index < -0.39 is 5.97 Å². The lowest BCUT2D eigenvalue weighted by molar-refractivity contribution is -0.136. The average molecular weight is 468 g/mol. The molecule has 0 bridgehead atoms. The zero-order chi connectivity index (χ0) is 23.4. The van der Waals surface area contributed by atoms with Gasteiger partial charge in [-0.3, -0.25) is 9.69 Å². The highest BCUT2D eigenvalue weighted by Gasteiger charge is 2.29. The number of anilines is 1. The van der Waals surface area contributed by atoms with Crippen molar-refractivity contribution in [1.82, 2.24) is 9.88 Å². The summed E-state index contributed by atoms with van der Waals surface area (Å²) in [5.74, 6) is -0.487. The molecule has 1 aliphatic rings. The Bertz CT molecular complexity index is 1100. The van der Waals surface area contributed by atoms with E-state index in [0.717, 1.165) is 59.3 Å². The molecule has 0 saturated carbocycles. The molecule has 2 aromatic carbocycles. The van der Waals surface area contributed by atoms with E-state index in [9.17, 15) is 9.18 Å². The molecule has 174 valence electrons. The predicted octanol–water partition coefficient (Wildman–Crippen LogP) is 5.31. The van der Waals surface area contributed by atoms with Gasteiger partial charge in [-0.2, -0.15) is 0 Å². The van der Waals surface area contributed by atoms with Crippen LogP contribution in [-0.4, -0.2) is 46.6 Å². The summed E-state index contributed by atoms with van der Waals surface area (Å²) in [6, 6.07) is 14.9. The third-order valence-electron chi connectivity index (χ3n) is 5.91. The van der Waals surface area contributed by atoms with Crippen LogP contribution in [0.1, 0.15) is 31.4 Å². The molecule has 0 radical (unpaired) electrons. The quantitative estimate of drug-likeness (QED) is 0.486. The van der Waals surface area contributed by atoms with Crippen LogP contribution >= 0.6 is 11.3 Å². The van der Waals surface area contributed by atoms with Crippen molar-refractivity contribution in [2.75, 3.05) is 24.5 Å². The van der Waals surface area contributed by atoms with Gasteiger partial charge in [0.1, 0.15) is 5.82 Å². The van der Waals surface area contributed by atoms with E-state index in [2.05, 4.69) is 29.7 Å². The summed E-state index contributed by atoms with van der Waals surface area (Å²) in [5, 5.41) is 10.1. The summed E-state index contributed by atoms with van der Waals surface area (Å²) < 4.78 is 13.7. The first-order valence-corrected chi connectivity index (χ1v) is 12.2. The third kappa shape index (κ3) is 6.18. The van der Waals surface area contributed by atoms with Gasteiger partial charge in [0.05, 0.1) is 11.3 Å². The molecule has 0 aliphatic carbocycles. The number of thiazole rings is 1. The van der Waals surface area contributed by atoms with Crippen LogP contribution in [0.4, 0.5) is 9.52 Å².